The first-order valence-electron chi connectivity index (χ1n) is 11.4. The summed E-state index contributed by atoms with van der Waals surface area (Å²) in [6, 6.07) is 13.7. The smallest absolute Gasteiger partial charge is 0.410 e. The second-order valence-corrected chi connectivity index (χ2v) is 9.28. The number of amides is 1. The highest BCUT2D eigenvalue weighted by molar-refractivity contribution is 5.92. The molecule has 1 fully saturated rings. The van der Waals surface area contributed by atoms with Crippen molar-refractivity contribution in [1.82, 2.24) is 20.1 Å². The Labute approximate surface area is 204 Å². The second kappa shape index (κ2) is 11.5. The summed E-state index contributed by atoms with van der Waals surface area (Å²) in [7, 11) is 0. The van der Waals surface area contributed by atoms with Gasteiger partial charge in [0.25, 0.3) is 0 Å². The lowest BCUT2D eigenvalue weighted by atomic mass is 9.92. The first-order chi connectivity index (χ1) is 16.7. The number of nitrogens with one attached hydrogen (secondary N) is 1. The molecule has 1 aromatic carbocycles. The number of nitrogens with zero attached hydrogens (tertiary/aromatic N) is 4. The van der Waals surface area contributed by atoms with Crippen LogP contribution in [0.5, 0.6) is 5.88 Å². The lowest BCUT2D eigenvalue weighted by molar-refractivity contribution is 0.00589. The van der Waals surface area contributed by atoms with Gasteiger partial charge in [-0.1, -0.05) is 30.3 Å². The van der Waals surface area contributed by atoms with Gasteiger partial charge in [0.2, 0.25) is 5.88 Å². The molecule has 3 N–H and O–H groups in total. The molecule has 10 heteroatoms. The van der Waals surface area contributed by atoms with Crippen molar-refractivity contribution in [2.24, 2.45) is 5.92 Å². The standard InChI is InChI=1S/C13H12N4O.C12H19FN2O2/c14-12-11-10(16-17-12)6-7-15-13(11)18-8-9-4-2-1-3-5-9;1-12(2,3)17-11(16)15-7-5-9(4-6-14)10(13)8-15/h1-7H,8H2,(H3,14,16,17);9-10H,4-5,7-8H2,1-3H3. The van der Waals surface area contributed by atoms with E-state index in [0.29, 0.717) is 31.3 Å². The number of pyridine rings is 1. The number of fused-ring (bicyclic) bond motifs is 1. The molecule has 2 unspecified atom stereocenters. The lowest BCUT2D eigenvalue weighted by Gasteiger charge is -2.34. The number of H-pyrrole nitrogens is 1. The van der Waals surface area contributed by atoms with E-state index in [-0.39, 0.29) is 18.9 Å². The monoisotopic (exact) mass is 482 g/mol. The number of nitrogen functional groups attached to an aromatic ring is 1. The van der Waals surface area contributed by atoms with Gasteiger partial charge in [0.1, 0.15) is 23.8 Å². The normalized spacial score (nSPS) is 17.7. The quantitative estimate of drug-likeness (QED) is 0.555. The summed E-state index contributed by atoms with van der Waals surface area (Å²) >= 11 is 0. The van der Waals surface area contributed by atoms with Crippen molar-refractivity contribution in [3.8, 4) is 11.9 Å². The number of nitrogens with two attached hydrogens (primary N) is 1. The molecule has 0 saturated carbocycles. The predicted octanol–water partition coefficient (Wildman–Crippen LogP) is 4.61. The van der Waals surface area contributed by atoms with E-state index in [1.54, 1.807) is 27.0 Å². The van der Waals surface area contributed by atoms with Crippen LogP contribution in [0.2, 0.25) is 0 Å². The maximum absolute atomic E-state index is 13.7. The molecule has 2 atom stereocenters. The number of piperidine rings is 1. The zero-order valence-corrected chi connectivity index (χ0v) is 20.2. The van der Waals surface area contributed by atoms with Crippen LogP contribution in [-0.4, -0.2) is 51.0 Å². The average Bonchev–Trinajstić information content (AvgIpc) is 3.20. The maximum atomic E-state index is 13.7. The number of hydrogen-bond donors (Lipinski definition) is 2. The van der Waals surface area contributed by atoms with Gasteiger partial charge in [-0.3, -0.25) is 5.10 Å². The Balaban J connectivity index is 0.000000196. The van der Waals surface area contributed by atoms with E-state index < -0.39 is 17.9 Å². The third kappa shape index (κ3) is 7.30. The molecule has 9 nitrogen and oxygen atoms in total. The predicted molar refractivity (Wildman–Crippen MR) is 130 cm³/mol. The number of carbonyl (C=O) groups excluding carboxylic acids is 1. The number of hydrogen-bond acceptors (Lipinski definition) is 7. The second-order valence-electron chi connectivity index (χ2n) is 9.28. The Hall–Kier alpha value is -3.87. The van der Waals surface area contributed by atoms with E-state index in [1.165, 1.54) is 4.90 Å². The maximum Gasteiger partial charge on any atom is 0.410 e. The minimum Gasteiger partial charge on any atom is -0.472 e. The minimum atomic E-state index is -1.13. The van der Waals surface area contributed by atoms with E-state index in [1.807, 2.05) is 42.5 Å². The highest BCUT2D eigenvalue weighted by atomic mass is 19.1. The van der Waals surface area contributed by atoms with Crippen molar-refractivity contribution >= 4 is 22.8 Å². The molecule has 35 heavy (non-hydrogen) atoms. The molecule has 1 aliphatic rings. The zero-order chi connectivity index (χ0) is 25.4. The van der Waals surface area contributed by atoms with Crippen LogP contribution in [0, 0.1) is 17.2 Å². The number of ether oxygens (including phenoxy) is 2. The molecule has 3 aromatic rings. The summed E-state index contributed by atoms with van der Waals surface area (Å²) < 4.78 is 24.5. The zero-order valence-electron chi connectivity index (χ0n) is 20.2. The van der Waals surface area contributed by atoms with Gasteiger partial charge in [0, 0.05) is 25.1 Å². The summed E-state index contributed by atoms with van der Waals surface area (Å²) in [6.07, 6.45) is 0.795. The van der Waals surface area contributed by atoms with Crippen LogP contribution in [0.15, 0.2) is 42.6 Å². The Bertz CT molecular complexity index is 1160. The number of anilines is 1. The van der Waals surface area contributed by atoms with Gasteiger partial charge in [0.15, 0.2) is 5.82 Å². The van der Waals surface area contributed by atoms with Crippen LogP contribution < -0.4 is 10.5 Å². The number of aromatic nitrogens is 3. The molecule has 0 aliphatic carbocycles. The van der Waals surface area contributed by atoms with Gasteiger partial charge in [-0.25, -0.2) is 14.2 Å². The Kier molecular flexibility index (Phi) is 8.47. The highest BCUT2D eigenvalue weighted by Crippen LogP contribution is 2.27. The summed E-state index contributed by atoms with van der Waals surface area (Å²) in [5.74, 6) is 0.655. The fraction of sp³-hybridized carbons (Fsp3) is 0.440. The first kappa shape index (κ1) is 25.7. The molecule has 0 spiro atoms. The molecule has 0 radical (unpaired) electrons. The van der Waals surface area contributed by atoms with Crippen molar-refractivity contribution in [2.75, 3.05) is 18.8 Å². The lowest BCUT2D eigenvalue weighted by Crippen LogP contribution is -2.46. The Morgan fingerprint density at radius 3 is 2.71 bits per heavy atom. The number of benzene rings is 1. The summed E-state index contributed by atoms with van der Waals surface area (Å²) in [4.78, 5) is 17.3. The topological polar surface area (TPSA) is 130 Å². The number of rotatable bonds is 4. The van der Waals surface area contributed by atoms with Gasteiger partial charge in [-0.15, -0.1) is 0 Å². The number of carbonyl (C=O) groups is 1. The van der Waals surface area contributed by atoms with E-state index in [2.05, 4.69) is 15.2 Å². The van der Waals surface area contributed by atoms with Crippen LogP contribution in [-0.2, 0) is 11.3 Å². The van der Waals surface area contributed by atoms with Crippen LogP contribution >= 0.6 is 0 Å². The molecule has 2 aromatic heterocycles. The number of likely N-dealkylation sites (tertiary alicyclic amines) is 1. The third-order valence-electron chi connectivity index (χ3n) is 5.37. The SMILES string of the molecule is CC(C)(C)OC(=O)N1CCC(CC#N)C(F)C1.Nc1n[nH]c2ccnc(OCc3ccccc3)c12. The third-order valence-corrected chi connectivity index (χ3v) is 5.37. The summed E-state index contributed by atoms with van der Waals surface area (Å²) in [5.41, 5.74) is 7.13. The molecule has 1 amide bonds. The molecule has 4 rings (SSSR count). The molecule has 186 valence electrons. The van der Waals surface area contributed by atoms with Crippen LogP contribution in [0.4, 0.5) is 15.0 Å². The van der Waals surface area contributed by atoms with Gasteiger partial charge < -0.3 is 20.1 Å². The molecule has 0 bridgehead atoms. The van der Waals surface area contributed by atoms with Crippen LogP contribution in [0.25, 0.3) is 10.9 Å². The number of nitriles is 1. The van der Waals surface area contributed by atoms with Crippen molar-refractivity contribution in [3.05, 3.63) is 48.2 Å². The fourth-order valence-electron chi connectivity index (χ4n) is 3.59. The summed E-state index contributed by atoms with van der Waals surface area (Å²) in [5, 5.41) is 16.0. The molecule has 1 aliphatic heterocycles. The van der Waals surface area contributed by atoms with Crippen molar-refractivity contribution in [3.63, 3.8) is 0 Å². The largest absolute Gasteiger partial charge is 0.472 e. The van der Waals surface area contributed by atoms with E-state index in [9.17, 15) is 9.18 Å². The van der Waals surface area contributed by atoms with Crippen LogP contribution in [0.3, 0.4) is 0 Å². The van der Waals surface area contributed by atoms with Gasteiger partial charge in [-0.05, 0) is 38.8 Å². The average molecular weight is 483 g/mol. The van der Waals surface area contributed by atoms with Gasteiger partial charge in [0.05, 0.1) is 18.1 Å². The Morgan fingerprint density at radius 1 is 1.31 bits per heavy atom. The number of aromatic amines is 1. The van der Waals surface area contributed by atoms with E-state index in [4.69, 9.17) is 20.5 Å². The molecule has 1 saturated heterocycles. The molecular weight excluding hydrogens is 451 g/mol. The van der Waals surface area contributed by atoms with Crippen molar-refractivity contribution in [2.45, 2.75) is 52.0 Å². The number of alkyl halides is 1. The van der Waals surface area contributed by atoms with Crippen LogP contribution in [0.1, 0.15) is 39.2 Å². The summed E-state index contributed by atoms with van der Waals surface area (Å²) in [6.45, 7) is 6.28. The van der Waals surface area contributed by atoms with Gasteiger partial charge in [-0.2, -0.15) is 10.4 Å². The van der Waals surface area contributed by atoms with Crippen molar-refractivity contribution < 1.29 is 18.7 Å². The minimum absolute atomic E-state index is 0.0290. The van der Waals surface area contributed by atoms with E-state index in [0.717, 1.165) is 16.5 Å². The van der Waals surface area contributed by atoms with Gasteiger partial charge >= 0.3 is 6.09 Å². The number of halogens is 1. The Morgan fingerprint density at radius 2 is 2.06 bits per heavy atom. The highest BCUT2D eigenvalue weighted by Gasteiger charge is 2.33. The fourth-order valence-corrected chi connectivity index (χ4v) is 3.59. The van der Waals surface area contributed by atoms with E-state index >= 15 is 0 Å². The molecule has 3 heterocycles. The first-order valence-corrected chi connectivity index (χ1v) is 11.4. The van der Waals surface area contributed by atoms with Crippen molar-refractivity contribution in [1.29, 1.82) is 5.26 Å². The molecular formula is C25H31FN6O3.